The molecule has 0 unspecified atom stereocenters. The number of ether oxygens (including phenoxy) is 2. The van der Waals surface area contributed by atoms with E-state index in [-0.39, 0.29) is 18.4 Å². The van der Waals surface area contributed by atoms with E-state index in [0.29, 0.717) is 43.2 Å². The number of amides is 2. The molecule has 2 heterocycles. The van der Waals surface area contributed by atoms with Gasteiger partial charge in [0.1, 0.15) is 6.61 Å². The maximum absolute atomic E-state index is 12.8. The lowest BCUT2D eigenvalue weighted by molar-refractivity contribution is -0.145. The molecular formula is C23H21N3O4. The molecule has 30 heavy (non-hydrogen) atoms. The Hall–Kier alpha value is -3.79. The summed E-state index contributed by atoms with van der Waals surface area (Å²) in [5, 5.41) is 8.83. The molecule has 7 nitrogen and oxygen atoms in total. The molecular weight excluding hydrogens is 382 g/mol. The molecule has 1 fully saturated rings. The Balaban J connectivity index is 1.29. The van der Waals surface area contributed by atoms with Crippen LogP contribution in [0.2, 0.25) is 0 Å². The van der Waals surface area contributed by atoms with Gasteiger partial charge in [0.2, 0.25) is 12.0 Å². The normalized spacial score (nSPS) is 18.2. The molecule has 152 valence electrons. The minimum atomic E-state index is -0.668. The molecule has 0 bridgehead atoms. The van der Waals surface area contributed by atoms with E-state index in [1.807, 2.05) is 18.2 Å². The van der Waals surface area contributed by atoms with Crippen LogP contribution in [-0.2, 0) is 9.59 Å². The van der Waals surface area contributed by atoms with Gasteiger partial charge >= 0.3 is 0 Å². The van der Waals surface area contributed by atoms with Gasteiger partial charge in [0.25, 0.3) is 5.91 Å². The molecule has 1 atom stereocenters. The molecule has 0 radical (unpaired) electrons. The number of fused-ring (bicyclic) bond motifs is 1. The number of hydrogen-bond donors (Lipinski definition) is 0. The number of rotatable bonds is 3. The second-order valence-electron chi connectivity index (χ2n) is 7.08. The van der Waals surface area contributed by atoms with Crippen LogP contribution in [0.25, 0.3) is 6.08 Å². The van der Waals surface area contributed by atoms with E-state index < -0.39 is 6.10 Å². The number of hydrogen-bond acceptors (Lipinski definition) is 5. The maximum Gasteiger partial charge on any atom is 0.267 e. The monoisotopic (exact) mass is 403 g/mol. The summed E-state index contributed by atoms with van der Waals surface area (Å²) >= 11 is 0. The molecule has 0 aromatic heterocycles. The van der Waals surface area contributed by atoms with Crippen LogP contribution < -0.4 is 9.47 Å². The average molecular weight is 403 g/mol. The van der Waals surface area contributed by atoms with Crippen LogP contribution in [-0.4, -0.2) is 60.5 Å². The number of nitrogens with zero attached hydrogens (tertiary/aromatic N) is 3. The zero-order valence-electron chi connectivity index (χ0n) is 16.4. The third-order valence-electron chi connectivity index (χ3n) is 5.15. The van der Waals surface area contributed by atoms with Gasteiger partial charge in [-0.15, -0.1) is 0 Å². The molecule has 7 heteroatoms. The first kappa shape index (κ1) is 19.5. The molecule has 0 spiro atoms. The first-order valence-corrected chi connectivity index (χ1v) is 9.78. The zero-order chi connectivity index (χ0) is 20.9. The Morgan fingerprint density at radius 1 is 0.967 bits per heavy atom. The molecule has 2 aliphatic rings. The van der Waals surface area contributed by atoms with E-state index in [2.05, 4.69) is 6.07 Å². The summed E-state index contributed by atoms with van der Waals surface area (Å²) in [5.41, 5.74) is 1.43. The standard InChI is InChI=1S/C23H21N3O4/c24-15-18-7-5-17(6-8-18)9-10-22(27)25-11-13-26(14-12-25)23(28)21-16-29-19-3-1-2-4-20(19)30-21/h1-10,21H,11-14,16H2/b10-9+/t21-/m0/s1. The molecule has 0 saturated carbocycles. The summed E-state index contributed by atoms with van der Waals surface area (Å²) in [5.74, 6) is 0.997. The van der Waals surface area contributed by atoms with Crippen molar-refractivity contribution in [3.8, 4) is 17.6 Å². The first-order valence-electron chi connectivity index (χ1n) is 9.78. The third kappa shape index (κ3) is 4.28. The Bertz CT molecular complexity index is 1000. The van der Waals surface area contributed by atoms with E-state index in [9.17, 15) is 9.59 Å². The van der Waals surface area contributed by atoms with Crippen LogP contribution in [0.15, 0.2) is 54.6 Å². The number of benzene rings is 2. The van der Waals surface area contributed by atoms with Crippen LogP contribution in [0, 0.1) is 11.3 Å². The number of carbonyl (C=O) groups is 2. The summed E-state index contributed by atoms with van der Waals surface area (Å²) in [6, 6.07) is 16.4. The fourth-order valence-electron chi connectivity index (χ4n) is 3.43. The van der Waals surface area contributed by atoms with Gasteiger partial charge in [-0.25, -0.2) is 0 Å². The van der Waals surface area contributed by atoms with E-state index in [4.69, 9.17) is 14.7 Å². The smallest absolute Gasteiger partial charge is 0.267 e. The van der Waals surface area contributed by atoms with Gasteiger partial charge in [-0.05, 0) is 35.9 Å². The predicted octanol–water partition coefficient (Wildman–Crippen LogP) is 2.08. The van der Waals surface area contributed by atoms with Gasteiger partial charge in [0, 0.05) is 32.3 Å². The first-order chi connectivity index (χ1) is 14.6. The molecule has 2 aliphatic heterocycles. The van der Waals surface area contributed by atoms with Crippen molar-refractivity contribution < 1.29 is 19.1 Å². The highest BCUT2D eigenvalue weighted by Gasteiger charge is 2.33. The van der Waals surface area contributed by atoms with E-state index in [1.165, 1.54) is 6.08 Å². The Morgan fingerprint density at radius 2 is 1.63 bits per heavy atom. The lowest BCUT2D eigenvalue weighted by Gasteiger charge is -2.36. The second kappa shape index (κ2) is 8.70. The van der Waals surface area contributed by atoms with Gasteiger partial charge in [-0.1, -0.05) is 24.3 Å². The summed E-state index contributed by atoms with van der Waals surface area (Å²) in [6.07, 6.45) is 2.58. The minimum Gasteiger partial charge on any atom is -0.485 e. The SMILES string of the molecule is N#Cc1ccc(/C=C/C(=O)N2CCN(C(=O)[C@@H]3COc4ccccc4O3)CC2)cc1. The number of carbonyl (C=O) groups excluding carboxylic acids is 2. The third-order valence-corrected chi connectivity index (χ3v) is 5.15. The van der Waals surface area contributed by atoms with Gasteiger partial charge < -0.3 is 19.3 Å². The number of nitriles is 1. The van der Waals surface area contributed by atoms with Crippen molar-refractivity contribution in [1.82, 2.24) is 9.80 Å². The molecule has 4 rings (SSSR count). The van der Waals surface area contributed by atoms with Gasteiger partial charge in [-0.3, -0.25) is 9.59 Å². The van der Waals surface area contributed by atoms with E-state index >= 15 is 0 Å². The van der Waals surface area contributed by atoms with Crippen molar-refractivity contribution in [3.05, 3.63) is 65.7 Å². The molecule has 0 N–H and O–H groups in total. The topological polar surface area (TPSA) is 82.9 Å². The zero-order valence-corrected chi connectivity index (χ0v) is 16.4. The molecule has 1 saturated heterocycles. The predicted molar refractivity (Wildman–Crippen MR) is 110 cm³/mol. The van der Waals surface area contributed by atoms with Crippen molar-refractivity contribution in [2.45, 2.75) is 6.10 Å². The van der Waals surface area contributed by atoms with Crippen LogP contribution >= 0.6 is 0 Å². The van der Waals surface area contributed by atoms with Crippen molar-refractivity contribution in [1.29, 1.82) is 5.26 Å². The molecule has 2 amide bonds. The van der Waals surface area contributed by atoms with Gasteiger partial charge in [-0.2, -0.15) is 5.26 Å². The second-order valence-corrected chi connectivity index (χ2v) is 7.08. The highest BCUT2D eigenvalue weighted by molar-refractivity contribution is 5.92. The Kier molecular flexibility index (Phi) is 5.66. The summed E-state index contributed by atoms with van der Waals surface area (Å²) in [7, 11) is 0. The van der Waals surface area contributed by atoms with Crippen LogP contribution in [0.3, 0.4) is 0 Å². The van der Waals surface area contributed by atoms with Gasteiger partial charge in [0.05, 0.1) is 11.6 Å². The maximum atomic E-state index is 12.8. The largest absolute Gasteiger partial charge is 0.485 e. The van der Waals surface area contributed by atoms with E-state index in [1.54, 1.807) is 46.2 Å². The lowest BCUT2D eigenvalue weighted by atomic mass is 10.1. The van der Waals surface area contributed by atoms with Crippen molar-refractivity contribution in [2.24, 2.45) is 0 Å². The number of para-hydroxylation sites is 2. The Morgan fingerprint density at radius 3 is 2.33 bits per heavy atom. The highest BCUT2D eigenvalue weighted by Crippen LogP contribution is 2.31. The van der Waals surface area contributed by atoms with Crippen LogP contribution in [0.4, 0.5) is 0 Å². The highest BCUT2D eigenvalue weighted by atomic mass is 16.6. The fourth-order valence-corrected chi connectivity index (χ4v) is 3.43. The quantitative estimate of drug-likeness (QED) is 0.733. The van der Waals surface area contributed by atoms with Crippen molar-refractivity contribution >= 4 is 17.9 Å². The molecule has 2 aromatic rings. The van der Waals surface area contributed by atoms with Crippen LogP contribution in [0.5, 0.6) is 11.5 Å². The summed E-state index contributed by atoms with van der Waals surface area (Å²) in [4.78, 5) is 28.7. The molecule has 0 aliphatic carbocycles. The van der Waals surface area contributed by atoms with Crippen molar-refractivity contribution in [2.75, 3.05) is 32.8 Å². The summed E-state index contributed by atoms with van der Waals surface area (Å²) in [6.45, 7) is 2.02. The lowest BCUT2D eigenvalue weighted by Crippen LogP contribution is -2.54. The molecule has 2 aromatic carbocycles. The summed E-state index contributed by atoms with van der Waals surface area (Å²) < 4.78 is 11.4. The van der Waals surface area contributed by atoms with E-state index in [0.717, 1.165) is 5.56 Å². The Labute approximate surface area is 174 Å². The fraction of sp³-hybridized carbons (Fsp3) is 0.261. The van der Waals surface area contributed by atoms with Gasteiger partial charge in [0.15, 0.2) is 11.5 Å². The van der Waals surface area contributed by atoms with Crippen molar-refractivity contribution in [3.63, 3.8) is 0 Å². The van der Waals surface area contributed by atoms with Crippen LogP contribution in [0.1, 0.15) is 11.1 Å². The average Bonchev–Trinajstić information content (AvgIpc) is 2.82. The number of piperazine rings is 1. The minimum absolute atomic E-state index is 0.0994.